The number of benzene rings is 1. The Hall–Kier alpha value is -2.56. The number of amides is 1. The van der Waals surface area contributed by atoms with Crippen molar-refractivity contribution < 1.29 is 4.79 Å². The van der Waals surface area contributed by atoms with Gasteiger partial charge in [-0.25, -0.2) is 0 Å². The molecule has 1 atom stereocenters. The number of aryl methyl sites for hydroxylation is 1. The van der Waals surface area contributed by atoms with Crippen LogP contribution in [0, 0.1) is 6.92 Å². The molecule has 1 saturated heterocycles. The molecule has 3 heterocycles. The molecule has 0 aliphatic carbocycles. The number of H-pyrrole nitrogens is 1. The van der Waals surface area contributed by atoms with Crippen molar-refractivity contribution in [1.82, 2.24) is 19.7 Å². The smallest absolute Gasteiger partial charge is 0.253 e. The van der Waals surface area contributed by atoms with Gasteiger partial charge < -0.3 is 9.88 Å². The van der Waals surface area contributed by atoms with Crippen LogP contribution >= 0.6 is 0 Å². The fourth-order valence-electron chi connectivity index (χ4n) is 3.14. The molecule has 5 heteroatoms. The van der Waals surface area contributed by atoms with Crippen molar-refractivity contribution in [3.8, 4) is 0 Å². The van der Waals surface area contributed by atoms with E-state index in [2.05, 4.69) is 10.1 Å². The van der Waals surface area contributed by atoms with Crippen LogP contribution < -0.4 is 0 Å². The molecule has 0 saturated carbocycles. The van der Waals surface area contributed by atoms with Gasteiger partial charge in [0.15, 0.2) is 0 Å². The van der Waals surface area contributed by atoms with E-state index in [1.54, 1.807) is 0 Å². The zero-order valence-corrected chi connectivity index (χ0v) is 12.5. The lowest BCUT2D eigenvalue weighted by Gasteiger charge is -2.17. The van der Waals surface area contributed by atoms with Gasteiger partial charge >= 0.3 is 0 Å². The van der Waals surface area contributed by atoms with Crippen molar-refractivity contribution in [1.29, 1.82) is 0 Å². The highest BCUT2D eigenvalue weighted by Crippen LogP contribution is 2.24. The summed E-state index contributed by atoms with van der Waals surface area (Å²) in [4.78, 5) is 17.8. The first-order valence-electron chi connectivity index (χ1n) is 7.58. The second kappa shape index (κ2) is 5.02. The highest BCUT2D eigenvalue weighted by molar-refractivity contribution is 5.98. The normalized spacial score (nSPS) is 18.2. The summed E-state index contributed by atoms with van der Waals surface area (Å²) in [6.07, 6.45) is 6.76. The number of aromatic amines is 1. The maximum Gasteiger partial charge on any atom is 0.253 e. The third-order valence-corrected chi connectivity index (χ3v) is 4.36. The van der Waals surface area contributed by atoms with E-state index in [1.165, 1.54) is 0 Å². The third kappa shape index (κ3) is 2.19. The van der Waals surface area contributed by atoms with Crippen LogP contribution in [0.1, 0.15) is 28.4 Å². The van der Waals surface area contributed by atoms with Gasteiger partial charge in [-0.15, -0.1) is 0 Å². The molecule has 1 unspecified atom stereocenters. The summed E-state index contributed by atoms with van der Waals surface area (Å²) in [5.41, 5.74) is 2.97. The molecule has 1 N–H and O–H groups in total. The van der Waals surface area contributed by atoms with Crippen LogP contribution in [-0.4, -0.2) is 38.7 Å². The zero-order chi connectivity index (χ0) is 15.1. The van der Waals surface area contributed by atoms with Crippen LogP contribution in [-0.2, 0) is 0 Å². The number of nitrogens with one attached hydrogen (secondary N) is 1. The summed E-state index contributed by atoms with van der Waals surface area (Å²) in [7, 11) is 0. The van der Waals surface area contributed by atoms with E-state index in [4.69, 9.17) is 0 Å². The number of fused-ring (bicyclic) bond motifs is 1. The van der Waals surface area contributed by atoms with Gasteiger partial charge in [-0.1, -0.05) is 0 Å². The van der Waals surface area contributed by atoms with Crippen molar-refractivity contribution in [2.75, 3.05) is 13.1 Å². The van der Waals surface area contributed by atoms with Crippen molar-refractivity contribution >= 4 is 16.8 Å². The van der Waals surface area contributed by atoms with Crippen molar-refractivity contribution in [3.63, 3.8) is 0 Å². The Morgan fingerprint density at radius 1 is 1.36 bits per heavy atom. The summed E-state index contributed by atoms with van der Waals surface area (Å²) >= 11 is 0. The Balaban J connectivity index is 1.53. The number of hydrogen-bond acceptors (Lipinski definition) is 2. The summed E-state index contributed by atoms with van der Waals surface area (Å²) in [6, 6.07) is 8.10. The SMILES string of the molecule is Cc1cnn(C2CCN(C(=O)c3ccc4[nH]ccc4c3)C2)c1. The summed E-state index contributed by atoms with van der Waals surface area (Å²) < 4.78 is 1.98. The highest BCUT2D eigenvalue weighted by Gasteiger charge is 2.28. The number of aromatic nitrogens is 3. The molecule has 3 aromatic rings. The van der Waals surface area contributed by atoms with Gasteiger partial charge in [0.05, 0.1) is 12.2 Å². The van der Waals surface area contributed by atoms with E-state index >= 15 is 0 Å². The Morgan fingerprint density at radius 2 is 2.27 bits per heavy atom. The van der Waals surface area contributed by atoms with Gasteiger partial charge in [0.1, 0.15) is 0 Å². The highest BCUT2D eigenvalue weighted by atomic mass is 16.2. The van der Waals surface area contributed by atoms with Crippen LogP contribution in [0.5, 0.6) is 0 Å². The average molecular weight is 294 g/mol. The molecule has 0 radical (unpaired) electrons. The Bertz CT molecular complexity index is 832. The quantitative estimate of drug-likeness (QED) is 0.790. The molecule has 112 valence electrons. The Kier molecular flexibility index (Phi) is 2.99. The first kappa shape index (κ1) is 13.1. The summed E-state index contributed by atoms with van der Waals surface area (Å²) in [5, 5.41) is 5.45. The molecule has 1 aromatic carbocycles. The predicted octanol–water partition coefficient (Wildman–Crippen LogP) is 2.76. The minimum absolute atomic E-state index is 0.106. The van der Waals surface area contributed by atoms with E-state index < -0.39 is 0 Å². The standard InChI is InChI=1S/C17H18N4O/c1-12-9-19-21(10-12)15-5-7-20(11-15)17(22)14-2-3-16-13(8-14)4-6-18-16/h2-4,6,8-10,15,18H,5,7,11H2,1H3. The fourth-order valence-corrected chi connectivity index (χ4v) is 3.14. The van der Waals surface area contributed by atoms with Gasteiger partial charge in [-0.05, 0) is 43.2 Å². The lowest BCUT2D eigenvalue weighted by molar-refractivity contribution is 0.0787. The summed E-state index contributed by atoms with van der Waals surface area (Å²) in [6.45, 7) is 3.55. The largest absolute Gasteiger partial charge is 0.361 e. The van der Waals surface area contributed by atoms with E-state index in [-0.39, 0.29) is 11.9 Å². The van der Waals surface area contributed by atoms with Crippen LogP contribution in [0.4, 0.5) is 0 Å². The van der Waals surface area contributed by atoms with Crippen LogP contribution in [0.2, 0.25) is 0 Å². The third-order valence-electron chi connectivity index (χ3n) is 4.36. The second-order valence-corrected chi connectivity index (χ2v) is 5.97. The molecule has 1 aliphatic heterocycles. The van der Waals surface area contributed by atoms with E-state index in [0.717, 1.165) is 41.5 Å². The van der Waals surface area contributed by atoms with Gasteiger partial charge in [-0.3, -0.25) is 9.48 Å². The van der Waals surface area contributed by atoms with Crippen molar-refractivity contribution in [3.05, 3.63) is 54.0 Å². The molecule has 1 amide bonds. The van der Waals surface area contributed by atoms with Crippen LogP contribution in [0.25, 0.3) is 10.9 Å². The van der Waals surface area contributed by atoms with Gasteiger partial charge in [0.2, 0.25) is 0 Å². The molecule has 0 spiro atoms. The first-order chi connectivity index (χ1) is 10.7. The second-order valence-electron chi connectivity index (χ2n) is 5.97. The molecule has 4 rings (SSSR count). The van der Waals surface area contributed by atoms with Gasteiger partial charge in [-0.2, -0.15) is 5.10 Å². The predicted molar refractivity (Wildman–Crippen MR) is 84.8 cm³/mol. The maximum atomic E-state index is 12.7. The lowest BCUT2D eigenvalue weighted by Crippen LogP contribution is -2.29. The number of carbonyl (C=O) groups is 1. The number of hydrogen-bond donors (Lipinski definition) is 1. The van der Waals surface area contributed by atoms with Crippen LogP contribution in [0.3, 0.4) is 0 Å². The molecule has 22 heavy (non-hydrogen) atoms. The molecule has 5 nitrogen and oxygen atoms in total. The van der Waals surface area contributed by atoms with E-state index in [9.17, 15) is 4.79 Å². The molecular formula is C17H18N4O. The summed E-state index contributed by atoms with van der Waals surface area (Å²) in [5.74, 6) is 0.106. The van der Waals surface area contributed by atoms with E-state index in [1.807, 2.05) is 59.4 Å². The minimum atomic E-state index is 0.106. The molecular weight excluding hydrogens is 276 g/mol. The molecule has 1 fully saturated rings. The topological polar surface area (TPSA) is 53.9 Å². The monoisotopic (exact) mass is 294 g/mol. The first-order valence-corrected chi connectivity index (χ1v) is 7.58. The molecule has 0 bridgehead atoms. The van der Waals surface area contributed by atoms with Crippen LogP contribution in [0.15, 0.2) is 42.9 Å². The number of nitrogens with zero attached hydrogens (tertiary/aromatic N) is 3. The fraction of sp³-hybridized carbons (Fsp3) is 0.294. The maximum absolute atomic E-state index is 12.7. The Labute approximate surface area is 128 Å². The number of carbonyl (C=O) groups excluding carboxylic acids is 1. The van der Waals surface area contributed by atoms with E-state index in [0.29, 0.717) is 0 Å². The zero-order valence-electron chi connectivity index (χ0n) is 12.5. The molecule has 1 aliphatic rings. The number of likely N-dealkylation sites (tertiary alicyclic amines) is 1. The number of rotatable bonds is 2. The van der Waals surface area contributed by atoms with Crippen molar-refractivity contribution in [2.45, 2.75) is 19.4 Å². The molecule has 2 aromatic heterocycles. The minimum Gasteiger partial charge on any atom is -0.361 e. The average Bonchev–Trinajstić information content (AvgIpc) is 3.25. The Morgan fingerprint density at radius 3 is 3.09 bits per heavy atom. The van der Waals surface area contributed by atoms with Crippen molar-refractivity contribution in [2.24, 2.45) is 0 Å². The van der Waals surface area contributed by atoms with Gasteiger partial charge in [0.25, 0.3) is 5.91 Å². The lowest BCUT2D eigenvalue weighted by atomic mass is 10.1. The van der Waals surface area contributed by atoms with Gasteiger partial charge in [0, 0.05) is 41.9 Å².